The van der Waals surface area contributed by atoms with Crippen LogP contribution in [0, 0.1) is 9.49 Å². The first kappa shape index (κ1) is 15.2. The van der Waals surface area contributed by atoms with Gasteiger partial charge in [-0.3, -0.25) is 4.79 Å². The number of carbonyl (C=O) groups excluding carboxylic acids is 1. The van der Waals surface area contributed by atoms with E-state index in [-0.39, 0.29) is 5.91 Å². The van der Waals surface area contributed by atoms with E-state index in [2.05, 4.69) is 32.8 Å². The molecule has 1 atom stereocenters. The molecule has 3 fully saturated rings. The van der Waals surface area contributed by atoms with Crippen molar-refractivity contribution in [3.8, 4) is 0 Å². The van der Waals surface area contributed by atoms with Crippen LogP contribution in [0.2, 0.25) is 5.02 Å². The molecule has 1 N–H and O–H groups in total. The molecule has 3 saturated heterocycles. The van der Waals surface area contributed by atoms with Crippen LogP contribution in [-0.4, -0.2) is 36.5 Å². The zero-order chi connectivity index (χ0) is 15.3. The van der Waals surface area contributed by atoms with Gasteiger partial charge in [0.25, 0.3) is 5.91 Å². The Balaban J connectivity index is 1.60. The molecule has 22 heavy (non-hydrogen) atoms. The van der Waals surface area contributed by atoms with Gasteiger partial charge in [0.15, 0.2) is 0 Å². The van der Waals surface area contributed by atoms with Crippen LogP contribution in [0.3, 0.4) is 0 Å². The summed E-state index contributed by atoms with van der Waals surface area (Å²) in [6.45, 7) is 3.37. The summed E-state index contributed by atoms with van der Waals surface area (Å²) >= 11 is 10.0. The predicted octanol–water partition coefficient (Wildman–Crippen LogP) is 3.98. The zero-order valence-electron chi connectivity index (χ0n) is 11.9. The second kappa shape index (κ2) is 5.92. The molecular formula is C16H16ClIN2OS. The van der Waals surface area contributed by atoms with Gasteiger partial charge in [0.1, 0.15) is 4.88 Å². The Morgan fingerprint density at radius 3 is 2.77 bits per heavy atom. The lowest BCUT2D eigenvalue weighted by Gasteiger charge is -2.44. The van der Waals surface area contributed by atoms with E-state index in [4.69, 9.17) is 11.6 Å². The maximum Gasteiger partial charge on any atom is 0.262 e. The van der Waals surface area contributed by atoms with Crippen molar-refractivity contribution in [3.05, 3.63) is 31.7 Å². The minimum Gasteiger partial charge on any atom is -0.347 e. The van der Waals surface area contributed by atoms with Crippen LogP contribution in [0.1, 0.15) is 22.5 Å². The van der Waals surface area contributed by atoms with Gasteiger partial charge in [-0.15, -0.1) is 11.3 Å². The van der Waals surface area contributed by atoms with Gasteiger partial charge in [-0.2, -0.15) is 0 Å². The fourth-order valence-electron chi connectivity index (χ4n) is 3.56. The lowest BCUT2D eigenvalue weighted by atomic mass is 9.84. The molecule has 3 aliphatic heterocycles. The highest BCUT2D eigenvalue weighted by Gasteiger charge is 2.35. The van der Waals surface area contributed by atoms with Gasteiger partial charge in [0.05, 0.1) is 9.72 Å². The largest absolute Gasteiger partial charge is 0.347 e. The number of nitrogens with one attached hydrogen (secondary N) is 1. The topological polar surface area (TPSA) is 32.3 Å². The number of carbonyl (C=O) groups is 1. The highest BCUT2D eigenvalue weighted by molar-refractivity contribution is 14.1. The smallest absolute Gasteiger partial charge is 0.262 e. The first-order valence-electron chi connectivity index (χ1n) is 7.53. The normalized spacial score (nSPS) is 27.3. The number of piperidine rings is 3. The Morgan fingerprint density at radius 2 is 2.14 bits per heavy atom. The molecule has 2 bridgehead atoms. The minimum atomic E-state index is 0.0559. The summed E-state index contributed by atoms with van der Waals surface area (Å²) in [4.78, 5) is 16.0. The van der Waals surface area contributed by atoms with E-state index in [1.165, 1.54) is 37.3 Å². The number of hydrogen-bond donors (Lipinski definition) is 1. The molecule has 6 heteroatoms. The molecule has 0 saturated carbocycles. The SMILES string of the molecule is O=C(NC1CN2CCC1CC2)c1sc2c(Cl)cccc2c1I. The maximum atomic E-state index is 12.7. The standard InChI is InChI=1S/C16H16ClIN2OS/c17-11-3-1-2-10-13(18)15(22-14(10)11)16(21)19-12-8-20-6-4-9(12)5-7-20/h1-3,9,12H,4-8H2,(H,19,21). The van der Waals surface area contributed by atoms with Gasteiger partial charge in [0, 0.05) is 21.5 Å². The second-order valence-electron chi connectivity index (χ2n) is 6.08. The number of nitrogens with zero attached hydrogens (tertiary/aromatic N) is 1. The quantitative estimate of drug-likeness (QED) is 0.708. The van der Waals surface area contributed by atoms with Crippen LogP contribution >= 0.6 is 45.5 Å². The molecule has 0 aliphatic carbocycles. The van der Waals surface area contributed by atoms with Crippen LogP contribution in [0.25, 0.3) is 10.1 Å². The minimum absolute atomic E-state index is 0.0559. The molecule has 0 radical (unpaired) electrons. The fraction of sp³-hybridized carbons (Fsp3) is 0.438. The molecule has 2 aromatic rings. The van der Waals surface area contributed by atoms with Gasteiger partial charge in [-0.1, -0.05) is 23.7 Å². The molecule has 3 aliphatic rings. The molecule has 116 valence electrons. The van der Waals surface area contributed by atoms with E-state index in [1.54, 1.807) is 0 Å². The van der Waals surface area contributed by atoms with Crippen molar-refractivity contribution in [1.29, 1.82) is 0 Å². The van der Waals surface area contributed by atoms with Crippen molar-refractivity contribution in [2.45, 2.75) is 18.9 Å². The van der Waals surface area contributed by atoms with Crippen LogP contribution in [-0.2, 0) is 0 Å². The highest BCUT2D eigenvalue weighted by Crippen LogP contribution is 2.37. The van der Waals surface area contributed by atoms with Crippen molar-refractivity contribution < 1.29 is 4.79 Å². The third-order valence-corrected chi connectivity index (χ3v) is 7.94. The number of fused-ring (bicyclic) bond motifs is 4. The second-order valence-corrected chi connectivity index (χ2v) is 8.59. The molecule has 3 nitrogen and oxygen atoms in total. The van der Waals surface area contributed by atoms with E-state index in [1.807, 2.05) is 18.2 Å². The lowest BCUT2D eigenvalue weighted by Crippen LogP contribution is -2.57. The fourth-order valence-corrected chi connectivity index (χ4v) is 6.06. The number of rotatable bonds is 2. The Bertz CT molecular complexity index is 739. The number of hydrogen-bond acceptors (Lipinski definition) is 3. The van der Waals surface area contributed by atoms with E-state index < -0.39 is 0 Å². The Hall–Kier alpha value is -0.370. The number of thiophene rings is 1. The summed E-state index contributed by atoms with van der Waals surface area (Å²) in [5.74, 6) is 0.699. The van der Waals surface area contributed by atoms with Gasteiger partial charge in [-0.25, -0.2) is 0 Å². The van der Waals surface area contributed by atoms with Crippen LogP contribution in [0.15, 0.2) is 18.2 Å². The van der Waals surface area contributed by atoms with E-state index in [0.29, 0.717) is 12.0 Å². The number of benzene rings is 1. The Morgan fingerprint density at radius 1 is 1.36 bits per heavy atom. The molecule has 1 amide bonds. The molecular weight excluding hydrogens is 431 g/mol. The zero-order valence-corrected chi connectivity index (χ0v) is 15.7. The maximum absolute atomic E-state index is 12.7. The van der Waals surface area contributed by atoms with E-state index >= 15 is 0 Å². The summed E-state index contributed by atoms with van der Waals surface area (Å²) < 4.78 is 2.02. The van der Waals surface area contributed by atoms with Crippen molar-refractivity contribution in [2.24, 2.45) is 5.92 Å². The Kier molecular flexibility index (Phi) is 4.09. The van der Waals surface area contributed by atoms with Crippen LogP contribution in [0.4, 0.5) is 0 Å². The summed E-state index contributed by atoms with van der Waals surface area (Å²) in [6, 6.07) is 6.15. The van der Waals surface area contributed by atoms with Crippen LogP contribution < -0.4 is 5.32 Å². The lowest BCUT2D eigenvalue weighted by molar-refractivity contribution is 0.0622. The van der Waals surface area contributed by atoms with Gasteiger partial charge in [0.2, 0.25) is 0 Å². The number of amides is 1. The van der Waals surface area contributed by atoms with Gasteiger partial charge < -0.3 is 10.2 Å². The number of halogens is 2. The predicted molar refractivity (Wildman–Crippen MR) is 100.0 cm³/mol. The van der Waals surface area contributed by atoms with Gasteiger partial charge in [-0.05, 0) is 60.5 Å². The van der Waals surface area contributed by atoms with Crippen molar-refractivity contribution >= 4 is 61.5 Å². The molecule has 1 unspecified atom stereocenters. The average Bonchev–Trinajstić information content (AvgIpc) is 2.87. The average molecular weight is 447 g/mol. The molecule has 5 rings (SSSR count). The van der Waals surface area contributed by atoms with Crippen LogP contribution in [0.5, 0.6) is 0 Å². The van der Waals surface area contributed by atoms with E-state index in [0.717, 1.165) is 30.1 Å². The highest BCUT2D eigenvalue weighted by atomic mass is 127. The molecule has 4 heterocycles. The Labute approximate surface area is 152 Å². The monoisotopic (exact) mass is 446 g/mol. The van der Waals surface area contributed by atoms with Crippen molar-refractivity contribution in [1.82, 2.24) is 10.2 Å². The van der Waals surface area contributed by atoms with Gasteiger partial charge >= 0.3 is 0 Å². The summed E-state index contributed by atoms with van der Waals surface area (Å²) in [5.41, 5.74) is 0. The third kappa shape index (κ3) is 2.56. The summed E-state index contributed by atoms with van der Waals surface area (Å²) in [5, 5.41) is 5.07. The summed E-state index contributed by atoms with van der Waals surface area (Å²) in [6.07, 6.45) is 2.42. The molecule has 1 aromatic carbocycles. The summed E-state index contributed by atoms with van der Waals surface area (Å²) in [7, 11) is 0. The molecule has 1 aromatic heterocycles. The molecule has 0 spiro atoms. The first-order valence-corrected chi connectivity index (χ1v) is 9.80. The van der Waals surface area contributed by atoms with Crippen molar-refractivity contribution in [2.75, 3.05) is 19.6 Å². The third-order valence-electron chi connectivity index (χ3n) is 4.79. The first-order chi connectivity index (χ1) is 10.6. The van der Waals surface area contributed by atoms with E-state index in [9.17, 15) is 4.79 Å². The van der Waals surface area contributed by atoms with Crippen molar-refractivity contribution in [3.63, 3.8) is 0 Å².